The van der Waals surface area contributed by atoms with Gasteiger partial charge in [0.2, 0.25) is 5.88 Å². The first-order valence-electron chi connectivity index (χ1n) is 7.45. The van der Waals surface area contributed by atoms with E-state index in [1.165, 1.54) is 0 Å². The van der Waals surface area contributed by atoms with Crippen molar-refractivity contribution in [3.63, 3.8) is 0 Å². The number of aromatic hydroxyl groups is 1. The molecule has 1 N–H and O–H groups in total. The van der Waals surface area contributed by atoms with Gasteiger partial charge in [-0.15, -0.1) is 0 Å². The third kappa shape index (κ3) is 3.27. The Bertz CT molecular complexity index is 797. The second-order valence-corrected chi connectivity index (χ2v) is 5.24. The Labute approximate surface area is 134 Å². The minimum Gasteiger partial charge on any atom is -0.494 e. The first-order valence-corrected chi connectivity index (χ1v) is 7.45. The van der Waals surface area contributed by atoms with Crippen molar-refractivity contribution >= 4 is 5.65 Å². The molecule has 6 heteroatoms. The van der Waals surface area contributed by atoms with Crippen LogP contribution in [0.25, 0.3) is 16.9 Å². The maximum atomic E-state index is 10.00. The smallest absolute Gasteiger partial charge is 0.219 e. The highest BCUT2D eigenvalue weighted by atomic mass is 16.5. The second kappa shape index (κ2) is 6.66. The summed E-state index contributed by atoms with van der Waals surface area (Å²) in [6, 6.07) is 7.71. The van der Waals surface area contributed by atoms with E-state index in [4.69, 9.17) is 9.47 Å². The number of ether oxygens (including phenoxy) is 2. The molecule has 2 heterocycles. The van der Waals surface area contributed by atoms with Crippen LogP contribution in [-0.2, 0) is 4.74 Å². The number of imidazole rings is 1. The average Bonchev–Trinajstić information content (AvgIpc) is 2.86. The first-order chi connectivity index (χ1) is 11.2. The van der Waals surface area contributed by atoms with E-state index in [0.717, 1.165) is 23.4 Å². The fraction of sp³-hybridized carbons (Fsp3) is 0.294. The van der Waals surface area contributed by atoms with Crippen LogP contribution in [0.3, 0.4) is 0 Å². The summed E-state index contributed by atoms with van der Waals surface area (Å²) in [6.07, 6.45) is 4.28. The van der Waals surface area contributed by atoms with Crippen molar-refractivity contribution in [2.75, 3.05) is 20.3 Å². The Hall–Kier alpha value is -2.60. The molecule has 2 aromatic heterocycles. The van der Waals surface area contributed by atoms with Crippen LogP contribution in [0.15, 0.2) is 36.7 Å². The molecule has 0 atom stereocenters. The van der Waals surface area contributed by atoms with E-state index in [-0.39, 0.29) is 5.88 Å². The quantitative estimate of drug-likeness (QED) is 0.709. The van der Waals surface area contributed by atoms with Gasteiger partial charge in [-0.1, -0.05) is 0 Å². The summed E-state index contributed by atoms with van der Waals surface area (Å²) in [4.78, 5) is 8.63. The molecule has 0 spiro atoms. The molecule has 0 bridgehead atoms. The maximum Gasteiger partial charge on any atom is 0.219 e. The Balaban J connectivity index is 1.77. The SMILES string of the molecule is COCCCOc1ccc(-c2cn3c(O)c(C)nc3cn2)cc1. The number of benzene rings is 1. The number of aryl methyl sites for hydroxylation is 1. The molecule has 0 amide bonds. The van der Waals surface area contributed by atoms with Crippen LogP contribution in [-0.4, -0.2) is 39.8 Å². The summed E-state index contributed by atoms with van der Waals surface area (Å²) in [6.45, 7) is 3.08. The van der Waals surface area contributed by atoms with Crippen LogP contribution in [0.1, 0.15) is 12.1 Å². The third-order valence-electron chi connectivity index (χ3n) is 3.56. The highest BCUT2D eigenvalue weighted by molar-refractivity contribution is 5.61. The molecule has 0 aliphatic heterocycles. The molecule has 0 saturated heterocycles. The second-order valence-electron chi connectivity index (χ2n) is 5.24. The Morgan fingerprint density at radius 1 is 1.17 bits per heavy atom. The Morgan fingerprint density at radius 2 is 1.96 bits per heavy atom. The van der Waals surface area contributed by atoms with Crippen LogP contribution in [0.5, 0.6) is 11.6 Å². The lowest BCUT2D eigenvalue weighted by Crippen LogP contribution is -2.01. The number of nitrogens with zero attached hydrogens (tertiary/aromatic N) is 3. The molecule has 23 heavy (non-hydrogen) atoms. The predicted molar refractivity (Wildman–Crippen MR) is 86.8 cm³/mol. The van der Waals surface area contributed by atoms with Crippen LogP contribution in [0.2, 0.25) is 0 Å². The summed E-state index contributed by atoms with van der Waals surface area (Å²) in [5, 5.41) is 10.00. The number of rotatable bonds is 6. The molecule has 3 aromatic rings. The van der Waals surface area contributed by atoms with Gasteiger partial charge in [0.05, 0.1) is 18.5 Å². The van der Waals surface area contributed by atoms with Crippen molar-refractivity contribution in [2.45, 2.75) is 13.3 Å². The zero-order chi connectivity index (χ0) is 16.2. The monoisotopic (exact) mass is 313 g/mol. The van der Waals surface area contributed by atoms with Gasteiger partial charge in [0.15, 0.2) is 5.65 Å². The van der Waals surface area contributed by atoms with Crippen LogP contribution < -0.4 is 4.74 Å². The lowest BCUT2D eigenvalue weighted by Gasteiger charge is -2.07. The maximum absolute atomic E-state index is 10.00. The van der Waals surface area contributed by atoms with Gasteiger partial charge in [0.25, 0.3) is 0 Å². The van der Waals surface area contributed by atoms with E-state index >= 15 is 0 Å². The van der Waals surface area contributed by atoms with Gasteiger partial charge in [0.1, 0.15) is 11.4 Å². The van der Waals surface area contributed by atoms with E-state index in [1.54, 1.807) is 30.8 Å². The molecular weight excluding hydrogens is 294 g/mol. The van der Waals surface area contributed by atoms with Crippen LogP contribution in [0, 0.1) is 6.92 Å². The average molecular weight is 313 g/mol. The summed E-state index contributed by atoms with van der Waals surface area (Å²) in [5.74, 6) is 0.953. The van der Waals surface area contributed by atoms with E-state index in [0.29, 0.717) is 24.6 Å². The largest absolute Gasteiger partial charge is 0.494 e. The summed E-state index contributed by atoms with van der Waals surface area (Å²) in [7, 11) is 1.68. The molecular formula is C17H19N3O3. The molecule has 0 saturated carbocycles. The number of aromatic nitrogens is 3. The van der Waals surface area contributed by atoms with Crippen LogP contribution in [0.4, 0.5) is 0 Å². The number of hydrogen-bond acceptors (Lipinski definition) is 5. The summed E-state index contributed by atoms with van der Waals surface area (Å²) < 4.78 is 12.3. The van der Waals surface area contributed by atoms with Crippen molar-refractivity contribution in [2.24, 2.45) is 0 Å². The van der Waals surface area contributed by atoms with Crippen molar-refractivity contribution < 1.29 is 14.6 Å². The molecule has 0 aliphatic carbocycles. The van der Waals surface area contributed by atoms with Crippen LogP contribution >= 0.6 is 0 Å². The van der Waals surface area contributed by atoms with Crippen molar-refractivity contribution in [1.29, 1.82) is 0 Å². The van der Waals surface area contributed by atoms with Crippen molar-refractivity contribution in [1.82, 2.24) is 14.4 Å². The fourth-order valence-electron chi connectivity index (χ4n) is 2.32. The molecule has 0 radical (unpaired) electrons. The number of hydrogen-bond donors (Lipinski definition) is 1. The molecule has 0 fully saturated rings. The van der Waals surface area contributed by atoms with E-state index in [1.807, 2.05) is 24.3 Å². The highest BCUT2D eigenvalue weighted by Crippen LogP contribution is 2.24. The zero-order valence-electron chi connectivity index (χ0n) is 13.2. The summed E-state index contributed by atoms with van der Waals surface area (Å²) in [5.41, 5.74) is 2.92. The highest BCUT2D eigenvalue weighted by Gasteiger charge is 2.09. The topological polar surface area (TPSA) is 68.9 Å². The number of methoxy groups -OCH3 is 1. The lowest BCUT2D eigenvalue weighted by atomic mass is 10.1. The van der Waals surface area contributed by atoms with Gasteiger partial charge in [-0.2, -0.15) is 0 Å². The van der Waals surface area contributed by atoms with Gasteiger partial charge < -0.3 is 14.6 Å². The molecule has 1 aromatic carbocycles. The molecule has 0 unspecified atom stereocenters. The Morgan fingerprint density at radius 3 is 2.70 bits per heavy atom. The van der Waals surface area contributed by atoms with E-state index < -0.39 is 0 Å². The standard InChI is InChI=1S/C17H19N3O3/c1-12-17(21)20-11-15(18-10-16(20)19-12)13-4-6-14(7-5-13)23-9-3-8-22-2/h4-7,10-11,21H,3,8-9H2,1-2H3. The van der Waals surface area contributed by atoms with Gasteiger partial charge in [-0.25, -0.2) is 4.98 Å². The predicted octanol–water partition coefficient (Wildman–Crippen LogP) is 2.83. The zero-order valence-corrected chi connectivity index (χ0v) is 13.2. The molecule has 6 nitrogen and oxygen atoms in total. The molecule has 3 rings (SSSR count). The first kappa shape index (κ1) is 15.3. The van der Waals surface area contributed by atoms with Crippen molar-refractivity contribution in [3.8, 4) is 22.9 Å². The van der Waals surface area contributed by atoms with E-state index in [2.05, 4.69) is 9.97 Å². The van der Waals surface area contributed by atoms with Gasteiger partial charge in [-0.05, 0) is 31.2 Å². The lowest BCUT2D eigenvalue weighted by molar-refractivity contribution is 0.172. The molecule has 0 aliphatic rings. The minimum absolute atomic E-state index is 0.141. The van der Waals surface area contributed by atoms with Gasteiger partial charge in [-0.3, -0.25) is 9.38 Å². The number of fused-ring (bicyclic) bond motifs is 1. The minimum atomic E-state index is 0.141. The van der Waals surface area contributed by atoms with E-state index in [9.17, 15) is 5.11 Å². The third-order valence-corrected chi connectivity index (χ3v) is 3.56. The Kier molecular flexibility index (Phi) is 4.43. The van der Waals surface area contributed by atoms with Crippen molar-refractivity contribution in [3.05, 3.63) is 42.4 Å². The van der Waals surface area contributed by atoms with Gasteiger partial charge >= 0.3 is 0 Å². The summed E-state index contributed by atoms with van der Waals surface area (Å²) >= 11 is 0. The normalized spacial score (nSPS) is 11.0. The molecule has 120 valence electrons. The fourth-order valence-corrected chi connectivity index (χ4v) is 2.32. The van der Waals surface area contributed by atoms with Gasteiger partial charge in [0, 0.05) is 31.9 Å².